The number of anilines is 1. The lowest BCUT2D eigenvalue weighted by Gasteiger charge is -2.06. The normalized spacial score (nSPS) is 12.5. The van der Waals surface area contributed by atoms with Crippen LogP contribution < -0.4 is 14.8 Å². The zero-order chi connectivity index (χ0) is 17.9. The van der Waals surface area contributed by atoms with Crippen molar-refractivity contribution in [3.05, 3.63) is 71.5 Å². The molecule has 0 saturated carbocycles. The standard InChI is InChI=1S/C19H14ClN3O3/c20-16-9-13(10-17-19(16)26-12-25-17)5-6-18(24)22-14-3-1-4-15(11-14)23-8-2-7-21-23/h1-11H,12H2,(H,22,24). The Kier molecular flexibility index (Phi) is 4.33. The molecule has 0 radical (unpaired) electrons. The molecule has 4 rings (SSSR count). The van der Waals surface area contributed by atoms with E-state index >= 15 is 0 Å². The molecule has 7 heteroatoms. The van der Waals surface area contributed by atoms with Gasteiger partial charge in [-0.3, -0.25) is 4.79 Å². The van der Waals surface area contributed by atoms with Gasteiger partial charge in [-0.15, -0.1) is 0 Å². The zero-order valence-electron chi connectivity index (χ0n) is 13.6. The highest BCUT2D eigenvalue weighted by molar-refractivity contribution is 6.32. The highest BCUT2D eigenvalue weighted by Gasteiger charge is 2.17. The molecule has 0 saturated heterocycles. The third-order valence-electron chi connectivity index (χ3n) is 3.76. The second kappa shape index (κ2) is 6.93. The third-order valence-corrected chi connectivity index (χ3v) is 4.04. The third kappa shape index (κ3) is 3.41. The van der Waals surface area contributed by atoms with Crippen LogP contribution in [0.2, 0.25) is 5.02 Å². The van der Waals surface area contributed by atoms with Crippen molar-refractivity contribution in [3.63, 3.8) is 0 Å². The van der Waals surface area contributed by atoms with Crippen molar-refractivity contribution in [1.29, 1.82) is 0 Å². The lowest BCUT2D eigenvalue weighted by atomic mass is 10.2. The van der Waals surface area contributed by atoms with Gasteiger partial charge >= 0.3 is 0 Å². The van der Waals surface area contributed by atoms with Crippen LogP contribution in [-0.2, 0) is 4.79 Å². The SMILES string of the molecule is O=C(C=Cc1cc(Cl)c2c(c1)OCO2)Nc1cccc(-n2cccn2)c1. The largest absolute Gasteiger partial charge is 0.454 e. The summed E-state index contributed by atoms with van der Waals surface area (Å²) in [5.41, 5.74) is 2.29. The summed E-state index contributed by atoms with van der Waals surface area (Å²) in [5, 5.41) is 7.45. The van der Waals surface area contributed by atoms with Gasteiger partial charge in [0.2, 0.25) is 12.7 Å². The monoisotopic (exact) mass is 367 g/mol. The molecule has 26 heavy (non-hydrogen) atoms. The van der Waals surface area contributed by atoms with Crippen molar-refractivity contribution >= 4 is 29.3 Å². The van der Waals surface area contributed by atoms with Gasteiger partial charge in [0.05, 0.1) is 10.7 Å². The van der Waals surface area contributed by atoms with Crippen LogP contribution in [0.4, 0.5) is 5.69 Å². The molecule has 1 aromatic heterocycles. The van der Waals surface area contributed by atoms with Crippen LogP contribution in [0.1, 0.15) is 5.56 Å². The summed E-state index contributed by atoms with van der Waals surface area (Å²) >= 11 is 6.14. The van der Waals surface area contributed by atoms with Crippen molar-refractivity contribution in [2.45, 2.75) is 0 Å². The summed E-state index contributed by atoms with van der Waals surface area (Å²) in [4.78, 5) is 12.2. The molecule has 0 aliphatic carbocycles. The first-order valence-corrected chi connectivity index (χ1v) is 8.25. The average Bonchev–Trinajstić information content (AvgIpc) is 3.32. The molecule has 0 bridgehead atoms. The predicted octanol–water partition coefficient (Wildman–Crippen LogP) is 3.91. The number of nitrogens with one attached hydrogen (secondary N) is 1. The van der Waals surface area contributed by atoms with Gasteiger partial charge in [0.25, 0.3) is 0 Å². The van der Waals surface area contributed by atoms with Crippen LogP contribution in [0, 0.1) is 0 Å². The van der Waals surface area contributed by atoms with Crippen molar-refractivity contribution in [2.75, 3.05) is 12.1 Å². The molecule has 1 N–H and O–H groups in total. The van der Waals surface area contributed by atoms with Gasteiger partial charge in [0.15, 0.2) is 11.5 Å². The molecule has 1 aliphatic rings. The Morgan fingerprint density at radius 2 is 2.15 bits per heavy atom. The molecular weight excluding hydrogens is 354 g/mol. The van der Waals surface area contributed by atoms with Crippen LogP contribution in [0.5, 0.6) is 11.5 Å². The van der Waals surface area contributed by atoms with E-state index < -0.39 is 0 Å². The van der Waals surface area contributed by atoms with Gasteiger partial charge in [-0.1, -0.05) is 17.7 Å². The van der Waals surface area contributed by atoms with Crippen molar-refractivity contribution in [2.24, 2.45) is 0 Å². The summed E-state index contributed by atoms with van der Waals surface area (Å²) in [6.07, 6.45) is 6.64. The molecule has 130 valence electrons. The summed E-state index contributed by atoms with van der Waals surface area (Å²) in [5.74, 6) is 0.851. The van der Waals surface area contributed by atoms with E-state index in [4.69, 9.17) is 21.1 Å². The summed E-state index contributed by atoms with van der Waals surface area (Å²) < 4.78 is 12.3. The Bertz CT molecular complexity index is 984. The van der Waals surface area contributed by atoms with E-state index in [2.05, 4.69) is 10.4 Å². The average molecular weight is 368 g/mol. The Morgan fingerprint density at radius 3 is 3.00 bits per heavy atom. The van der Waals surface area contributed by atoms with E-state index in [1.165, 1.54) is 6.08 Å². The Morgan fingerprint density at radius 1 is 1.23 bits per heavy atom. The highest BCUT2D eigenvalue weighted by Crippen LogP contribution is 2.40. The molecule has 1 aliphatic heterocycles. The smallest absolute Gasteiger partial charge is 0.248 e. The maximum atomic E-state index is 12.2. The van der Waals surface area contributed by atoms with E-state index in [1.54, 1.807) is 29.1 Å². The fourth-order valence-electron chi connectivity index (χ4n) is 2.59. The minimum Gasteiger partial charge on any atom is -0.454 e. The molecule has 0 fully saturated rings. The number of carbonyl (C=O) groups is 1. The number of aromatic nitrogens is 2. The van der Waals surface area contributed by atoms with Gasteiger partial charge in [-0.2, -0.15) is 5.10 Å². The number of hydrogen-bond donors (Lipinski definition) is 1. The Balaban J connectivity index is 1.47. The summed E-state index contributed by atoms with van der Waals surface area (Å²) in [6, 6.07) is 12.8. The van der Waals surface area contributed by atoms with E-state index in [0.717, 1.165) is 11.3 Å². The maximum absolute atomic E-state index is 12.2. The number of amides is 1. The lowest BCUT2D eigenvalue weighted by molar-refractivity contribution is -0.111. The fraction of sp³-hybridized carbons (Fsp3) is 0.0526. The van der Waals surface area contributed by atoms with E-state index in [0.29, 0.717) is 22.2 Å². The number of carbonyl (C=O) groups excluding carboxylic acids is 1. The van der Waals surface area contributed by atoms with Crippen LogP contribution in [0.3, 0.4) is 0 Å². The van der Waals surface area contributed by atoms with Gasteiger partial charge < -0.3 is 14.8 Å². The number of ether oxygens (including phenoxy) is 2. The topological polar surface area (TPSA) is 65.4 Å². The minimum atomic E-state index is -0.253. The van der Waals surface area contributed by atoms with Crippen molar-refractivity contribution in [3.8, 4) is 17.2 Å². The number of nitrogens with zero attached hydrogens (tertiary/aromatic N) is 2. The summed E-state index contributed by atoms with van der Waals surface area (Å²) in [7, 11) is 0. The molecule has 1 amide bonds. The second-order valence-electron chi connectivity index (χ2n) is 5.56. The maximum Gasteiger partial charge on any atom is 0.248 e. The number of halogens is 1. The molecule has 0 unspecified atom stereocenters. The molecule has 3 aromatic rings. The molecule has 2 aromatic carbocycles. The van der Waals surface area contributed by atoms with Crippen LogP contribution >= 0.6 is 11.6 Å². The Labute approximate surface area is 154 Å². The first kappa shape index (κ1) is 16.2. The lowest BCUT2D eigenvalue weighted by Crippen LogP contribution is -2.08. The van der Waals surface area contributed by atoms with Gasteiger partial charge in [0.1, 0.15) is 0 Å². The van der Waals surface area contributed by atoms with Crippen LogP contribution in [0.15, 0.2) is 60.9 Å². The Hall–Kier alpha value is -3.25. The van der Waals surface area contributed by atoms with Gasteiger partial charge in [-0.05, 0) is 48.0 Å². The van der Waals surface area contributed by atoms with E-state index in [1.807, 2.05) is 36.5 Å². The van der Waals surface area contributed by atoms with Crippen molar-refractivity contribution < 1.29 is 14.3 Å². The highest BCUT2D eigenvalue weighted by atomic mass is 35.5. The van der Waals surface area contributed by atoms with Gasteiger partial charge in [-0.25, -0.2) is 4.68 Å². The number of rotatable bonds is 4. The van der Waals surface area contributed by atoms with Crippen LogP contribution in [0.25, 0.3) is 11.8 Å². The summed E-state index contributed by atoms with van der Waals surface area (Å²) in [6.45, 7) is 0.148. The fourth-order valence-corrected chi connectivity index (χ4v) is 2.86. The number of hydrogen-bond acceptors (Lipinski definition) is 4. The van der Waals surface area contributed by atoms with Crippen LogP contribution in [-0.4, -0.2) is 22.5 Å². The minimum absolute atomic E-state index is 0.148. The first-order chi connectivity index (χ1) is 12.7. The molecule has 0 atom stereocenters. The van der Waals surface area contributed by atoms with E-state index in [9.17, 15) is 4.79 Å². The molecule has 0 spiro atoms. The second-order valence-corrected chi connectivity index (χ2v) is 5.97. The zero-order valence-corrected chi connectivity index (χ0v) is 14.3. The van der Waals surface area contributed by atoms with Gasteiger partial charge in [0, 0.05) is 24.2 Å². The predicted molar refractivity (Wildman–Crippen MR) is 98.8 cm³/mol. The first-order valence-electron chi connectivity index (χ1n) is 7.87. The molecular formula is C19H14ClN3O3. The quantitative estimate of drug-likeness (QED) is 0.710. The molecule has 6 nitrogen and oxygen atoms in total. The molecule has 2 heterocycles. The van der Waals surface area contributed by atoms with Crippen molar-refractivity contribution in [1.82, 2.24) is 9.78 Å². The number of benzene rings is 2. The number of fused-ring (bicyclic) bond motifs is 1. The van der Waals surface area contributed by atoms with E-state index in [-0.39, 0.29) is 12.7 Å².